The van der Waals surface area contributed by atoms with Gasteiger partial charge < -0.3 is 15.4 Å². The molecule has 1 aliphatic heterocycles. The van der Waals surface area contributed by atoms with Gasteiger partial charge in [-0.15, -0.1) is 0 Å². The molecule has 1 aliphatic rings. The molecule has 0 saturated carbocycles. The Morgan fingerprint density at radius 1 is 1.24 bits per heavy atom. The normalized spacial score (nSPS) is 18.5. The maximum atomic E-state index is 13.1. The molecule has 3 atom stereocenters. The van der Waals surface area contributed by atoms with E-state index in [4.69, 9.17) is 4.74 Å². The van der Waals surface area contributed by atoms with Gasteiger partial charge in [-0.1, -0.05) is 20.3 Å². The molecule has 1 saturated heterocycles. The maximum absolute atomic E-state index is 13.1. The van der Waals surface area contributed by atoms with Crippen molar-refractivity contribution in [3.8, 4) is 5.75 Å². The van der Waals surface area contributed by atoms with Crippen LogP contribution in [0.3, 0.4) is 0 Å². The van der Waals surface area contributed by atoms with Gasteiger partial charge in [0, 0.05) is 19.3 Å². The minimum absolute atomic E-state index is 0.0671. The van der Waals surface area contributed by atoms with E-state index in [1.165, 1.54) is 29.7 Å². The molecule has 2 aromatic rings. The van der Waals surface area contributed by atoms with Gasteiger partial charge in [0.05, 0.1) is 29.8 Å². The van der Waals surface area contributed by atoms with Crippen LogP contribution in [0.1, 0.15) is 33.1 Å². The molecule has 3 rings (SSSR count). The van der Waals surface area contributed by atoms with E-state index in [1.807, 2.05) is 13.8 Å². The van der Waals surface area contributed by atoms with Gasteiger partial charge in [-0.2, -0.15) is 4.31 Å². The summed E-state index contributed by atoms with van der Waals surface area (Å²) >= 11 is 0. The summed E-state index contributed by atoms with van der Waals surface area (Å²) in [5, 5.41) is 5.67. The third-order valence-electron chi connectivity index (χ3n) is 6.17. The number of hydrogen-bond donors (Lipinski definition) is 2. The van der Waals surface area contributed by atoms with Gasteiger partial charge in [-0.3, -0.25) is 14.6 Å². The third kappa shape index (κ3) is 6.12. The molecule has 0 bridgehead atoms. The highest BCUT2D eigenvalue weighted by Crippen LogP contribution is 2.25. The van der Waals surface area contributed by atoms with Gasteiger partial charge in [0.2, 0.25) is 21.8 Å². The van der Waals surface area contributed by atoms with Crippen LogP contribution in [0, 0.1) is 11.8 Å². The smallest absolute Gasteiger partial charge is 0.247 e. The first-order chi connectivity index (χ1) is 16.3. The second kappa shape index (κ2) is 11.4. The van der Waals surface area contributed by atoms with Gasteiger partial charge >= 0.3 is 0 Å². The molecule has 0 radical (unpaired) electrons. The van der Waals surface area contributed by atoms with Crippen LogP contribution in [0.15, 0.2) is 53.7 Å². The molecule has 2 N–H and O–H groups in total. The van der Waals surface area contributed by atoms with Crippen LogP contribution < -0.4 is 15.4 Å². The molecule has 1 fully saturated rings. The van der Waals surface area contributed by atoms with Crippen molar-refractivity contribution < 1.29 is 22.7 Å². The number of aromatic nitrogens is 1. The van der Waals surface area contributed by atoms with Crippen LogP contribution in [0.2, 0.25) is 0 Å². The van der Waals surface area contributed by atoms with Crippen molar-refractivity contribution in [3.05, 3.63) is 48.8 Å². The highest BCUT2D eigenvalue weighted by atomic mass is 32.2. The average molecular weight is 489 g/mol. The number of carbonyl (C=O) groups is 2. The SMILES string of the molecule is CCC(C)[C@H](NC(=O)C1CCCN(S(=O)(=O)c2ccc(OC)cc2)C1)C(=O)Nc1cccnc1. The van der Waals surface area contributed by atoms with Crippen molar-refractivity contribution >= 4 is 27.5 Å². The van der Waals surface area contributed by atoms with Crippen LogP contribution in [0.25, 0.3) is 0 Å². The molecular weight excluding hydrogens is 456 g/mol. The lowest BCUT2D eigenvalue weighted by Crippen LogP contribution is -2.52. The first-order valence-corrected chi connectivity index (χ1v) is 12.9. The zero-order chi connectivity index (χ0) is 24.7. The fourth-order valence-corrected chi connectivity index (χ4v) is 5.43. The van der Waals surface area contributed by atoms with Crippen LogP contribution in [0.4, 0.5) is 5.69 Å². The number of sulfonamides is 1. The number of carbonyl (C=O) groups excluding carboxylic acids is 2. The van der Waals surface area contributed by atoms with Crippen molar-refractivity contribution in [1.29, 1.82) is 0 Å². The topological polar surface area (TPSA) is 118 Å². The second-order valence-corrected chi connectivity index (χ2v) is 10.4. The molecule has 0 aliphatic carbocycles. The van der Waals surface area contributed by atoms with Crippen molar-refractivity contribution in [1.82, 2.24) is 14.6 Å². The lowest BCUT2D eigenvalue weighted by molar-refractivity contribution is -0.131. The summed E-state index contributed by atoms with van der Waals surface area (Å²) in [4.78, 5) is 30.2. The lowest BCUT2D eigenvalue weighted by atomic mass is 9.94. The summed E-state index contributed by atoms with van der Waals surface area (Å²) in [6.45, 7) is 4.26. The summed E-state index contributed by atoms with van der Waals surface area (Å²) in [5.74, 6) is -0.728. The Morgan fingerprint density at radius 3 is 2.59 bits per heavy atom. The minimum atomic E-state index is -3.75. The third-order valence-corrected chi connectivity index (χ3v) is 8.05. The first kappa shape index (κ1) is 25.6. The fourth-order valence-electron chi connectivity index (χ4n) is 3.90. The van der Waals surface area contributed by atoms with Gasteiger partial charge in [0.15, 0.2) is 0 Å². The fraction of sp³-hybridized carbons (Fsp3) is 0.458. The quantitative estimate of drug-likeness (QED) is 0.560. The predicted molar refractivity (Wildman–Crippen MR) is 129 cm³/mol. The molecule has 1 aromatic carbocycles. The van der Waals surface area contributed by atoms with Crippen molar-refractivity contribution in [3.63, 3.8) is 0 Å². The minimum Gasteiger partial charge on any atom is -0.497 e. The summed E-state index contributed by atoms with van der Waals surface area (Å²) in [6, 6.07) is 8.89. The van der Waals surface area contributed by atoms with Crippen LogP contribution in [-0.2, 0) is 19.6 Å². The van der Waals surface area contributed by atoms with E-state index < -0.39 is 22.0 Å². The van der Waals surface area contributed by atoms with Gasteiger partial charge in [-0.25, -0.2) is 8.42 Å². The molecule has 184 valence electrons. The number of ether oxygens (including phenoxy) is 1. The predicted octanol–water partition coefficient (Wildman–Crippen LogP) is 2.66. The highest BCUT2D eigenvalue weighted by molar-refractivity contribution is 7.89. The summed E-state index contributed by atoms with van der Waals surface area (Å²) in [7, 11) is -2.23. The number of methoxy groups -OCH3 is 1. The summed E-state index contributed by atoms with van der Waals surface area (Å²) < 4.78 is 32.7. The molecule has 10 heteroatoms. The zero-order valence-corrected chi connectivity index (χ0v) is 20.5. The standard InChI is InChI=1S/C24H32N4O5S/c1-4-17(2)22(24(30)26-19-8-5-13-25-15-19)27-23(29)18-7-6-14-28(16-18)34(31,32)21-11-9-20(33-3)10-12-21/h5,8-13,15,17-18,22H,4,6-7,14,16H2,1-3H3,(H,26,30)(H,27,29)/t17?,18?,22-/m0/s1. The Bertz CT molecular complexity index is 1080. The number of anilines is 1. The number of nitrogens with zero attached hydrogens (tertiary/aromatic N) is 2. The molecule has 2 unspecified atom stereocenters. The van der Waals surface area contributed by atoms with E-state index >= 15 is 0 Å². The summed E-state index contributed by atoms with van der Waals surface area (Å²) in [5.41, 5.74) is 0.546. The van der Waals surface area contributed by atoms with E-state index in [2.05, 4.69) is 15.6 Å². The Morgan fingerprint density at radius 2 is 1.97 bits per heavy atom. The number of benzene rings is 1. The maximum Gasteiger partial charge on any atom is 0.247 e. The number of pyridine rings is 1. The number of amides is 2. The molecule has 2 heterocycles. The highest BCUT2D eigenvalue weighted by Gasteiger charge is 2.35. The van der Waals surface area contributed by atoms with E-state index in [0.29, 0.717) is 37.2 Å². The van der Waals surface area contributed by atoms with E-state index in [1.54, 1.807) is 30.5 Å². The number of rotatable bonds is 9. The van der Waals surface area contributed by atoms with Gasteiger partial charge in [0.25, 0.3) is 0 Å². The Kier molecular flexibility index (Phi) is 8.62. The zero-order valence-electron chi connectivity index (χ0n) is 19.7. The monoisotopic (exact) mass is 488 g/mol. The van der Waals surface area contributed by atoms with Crippen LogP contribution in [0.5, 0.6) is 5.75 Å². The van der Waals surface area contributed by atoms with E-state index in [-0.39, 0.29) is 29.2 Å². The van der Waals surface area contributed by atoms with Crippen LogP contribution >= 0.6 is 0 Å². The number of hydrogen-bond acceptors (Lipinski definition) is 6. The molecular formula is C24H32N4O5S. The largest absolute Gasteiger partial charge is 0.497 e. The van der Waals surface area contributed by atoms with Gasteiger partial charge in [-0.05, 0) is 55.2 Å². The number of nitrogens with one attached hydrogen (secondary N) is 2. The first-order valence-electron chi connectivity index (χ1n) is 11.4. The Labute approximate surface area is 201 Å². The Balaban J connectivity index is 1.70. The van der Waals surface area contributed by atoms with Gasteiger partial charge in [0.1, 0.15) is 11.8 Å². The van der Waals surface area contributed by atoms with E-state index in [0.717, 1.165) is 0 Å². The number of piperidine rings is 1. The van der Waals surface area contributed by atoms with E-state index in [9.17, 15) is 18.0 Å². The summed E-state index contributed by atoms with van der Waals surface area (Å²) in [6.07, 6.45) is 4.95. The molecule has 1 aromatic heterocycles. The van der Waals surface area contributed by atoms with Crippen LogP contribution in [-0.4, -0.2) is 55.8 Å². The van der Waals surface area contributed by atoms with Crippen molar-refractivity contribution in [2.24, 2.45) is 11.8 Å². The van der Waals surface area contributed by atoms with Crippen molar-refractivity contribution in [2.45, 2.75) is 44.0 Å². The second-order valence-electron chi connectivity index (χ2n) is 8.48. The lowest BCUT2D eigenvalue weighted by Gasteiger charge is -2.32. The molecule has 34 heavy (non-hydrogen) atoms. The molecule has 2 amide bonds. The average Bonchev–Trinajstić information content (AvgIpc) is 2.87. The molecule has 9 nitrogen and oxygen atoms in total. The Hall–Kier alpha value is -2.98. The molecule has 0 spiro atoms. The van der Waals surface area contributed by atoms with Crippen molar-refractivity contribution in [2.75, 3.05) is 25.5 Å².